The second-order valence-electron chi connectivity index (χ2n) is 4.47. The highest BCUT2D eigenvalue weighted by atomic mass is 79.9. The van der Waals surface area contributed by atoms with E-state index in [-0.39, 0.29) is 12.1 Å². The minimum Gasteiger partial charge on any atom is -0.487 e. The molecule has 2 atom stereocenters. The third kappa shape index (κ3) is 2.99. The fourth-order valence-corrected chi connectivity index (χ4v) is 4.74. The molecule has 0 saturated heterocycles. The van der Waals surface area contributed by atoms with Crippen molar-refractivity contribution >= 4 is 39.0 Å². The van der Waals surface area contributed by atoms with Crippen LogP contribution in [0.5, 0.6) is 5.75 Å². The molecule has 2 heterocycles. The van der Waals surface area contributed by atoms with Crippen LogP contribution in [0.3, 0.4) is 0 Å². The van der Waals surface area contributed by atoms with E-state index in [1.165, 1.54) is 9.77 Å². The Morgan fingerprint density at radius 3 is 3.00 bits per heavy atom. The molecule has 1 aromatic carbocycles. The highest BCUT2D eigenvalue weighted by Gasteiger charge is 2.26. The number of thioether (sulfide) groups is 1. The molecule has 3 rings (SSSR count). The van der Waals surface area contributed by atoms with Crippen molar-refractivity contribution in [3.05, 3.63) is 45.1 Å². The van der Waals surface area contributed by atoms with Gasteiger partial charge in [-0.1, -0.05) is 12.1 Å². The van der Waals surface area contributed by atoms with Gasteiger partial charge in [-0.25, -0.2) is 0 Å². The number of hydrogen-bond donors (Lipinski definition) is 1. The molecular formula is C14H14BrNOS2. The first kappa shape index (κ1) is 13.5. The van der Waals surface area contributed by atoms with Crippen molar-refractivity contribution in [2.24, 2.45) is 5.73 Å². The largest absolute Gasteiger partial charge is 0.487 e. The van der Waals surface area contributed by atoms with Crippen LogP contribution in [-0.2, 0) is 6.42 Å². The summed E-state index contributed by atoms with van der Waals surface area (Å²) in [6, 6.07) is 10.2. The Kier molecular flexibility index (Phi) is 4.17. The molecule has 1 aromatic heterocycles. The maximum Gasteiger partial charge on any atom is 0.133 e. The van der Waals surface area contributed by atoms with Gasteiger partial charge < -0.3 is 10.5 Å². The Hall–Kier alpha value is -0.490. The van der Waals surface area contributed by atoms with Crippen molar-refractivity contribution in [2.45, 2.75) is 23.5 Å². The number of fused-ring (bicyclic) bond motifs is 1. The monoisotopic (exact) mass is 355 g/mol. The molecule has 100 valence electrons. The highest BCUT2D eigenvalue weighted by Crippen LogP contribution is 2.36. The summed E-state index contributed by atoms with van der Waals surface area (Å²) >= 11 is 7.12. The van der Waals surface area contributed by atoms with Gasteiger partial charge in [0.1, 0.15) is 11.9 Å². The number of ether oxygens (including phenoxy) is 1. The van der Waals surface area contributed by atoms with Crippen molar-refractivity contribution in [1.82, 2.24) is 0 Å². The van der Waals surface area contributed by atoms with Gasteiger partial charge in [-0.15, -0.1) is 23.1 Å². The fraction of sp³-hybridized carbons (Fsp3) is 0.286. The smallest absolute Gasteiger partial charge is 0.133 e. The third-order valence-corrected chi connectivity index (χ3v) is 6.21. The Balaban J connectivity index is 1.69. The van der Waals surface area contributed by atoms with Crippen LogP contribution in [0, 0.1) is 0 Å². The van der Waals surface area contributed by atoms with E-state index < -0.39 is 0 Å². The van der Waals surface area contributed by atoms with Crippen LogP contribution in [-0.4, -0.2) is 17.9 Å². The predicted octanol–water partition coefficient (Wildman–Crippen LogP) is 3.93. The summed E-state index contributed by atoms with van der Waals surface area (Å²) in [7, 11) is 0. The molecule has 1 aliphatic rings. The molecule has 5 heteroatoms. The van der Waals surface area contributed by atoms with E-state index in [0.29, 0.717) is 0 Å². The zero-order valence-corrected chi connectivity index (χ0v) is 13.4. The lowest BCUT2D eigenvalue weighted by molar-refractivity contribution is 0.184. The van der Waals surface area contributed by atoms with Crippen LogP contribution in [0.2, 0.25) is 0 Å². The number of benzene rings is 1. The second-order valence-corrected chi connectivity index (χ2v) is 7.39. The van der Waals surface area contributed by atoms with Crippen LogP contribution >= 0.6 is 39.0 Å². The predicted molar refractivity (Wildman–Crippen MR) is 85.3 cm³/mol. The maximum atomic E-state index is 6.31. The summed E-state index contributed by atoms with van der Waals surface area (Å²) < 4.78 is 7.18. The molecule has 0 amide bonds. The van der Waals surface area contributed by atoms with E-state index in [1.807, 2.05) is 30.0 Å². The van der Waals surface area contributed by atoms with Crippen molar-refractivity contribution < 1.29 is 4.74 Å². The molecule has 0 bridgehead atoms. The van der Waals surface area contributed by atoms with E-state index >= 15 is 0 Å². The van der Waals surface area contributed by atoms with E-state index in [1.54, 1.807) is 11.3 Å². The van der Waals surface area contributed by atoms with Gasteiger partial charge in [0.05, 0.1) is 0 Å². The standard InChI is InChI=1S/C14H14BrNOS2/c15-9-5-6-18-14(9)7-10(16)12-8-19-13-4-2-1-3-11(13)17-12/h1-6,10,12H,7-8,16H2. The first-order chi connectivity index (χ1) is 9.24. The average Bonchev–Trinajstić information content (AvgIpc) is 2.84. The number of para-hydroxylation sites is 1. The second kappa shape index (κ2) is 5.87. The van der Waals surface area contributed by atoms with Crippen LogP contribution in [0.1, 0.15) is 4.88 Å². The molecule has 0 aliphatic carbocycles. The van der Waals surface area contributed by atoms with Gasteiger partial charge >= 0.3 is 0 Å². The SMILES string of the molecule is NC(Cc1sccc1Br)C1CSc2ccccc2O1. The Morgan fingerprint density at radius 1 is 1.37 bits per heavy atom. The lowest BCUT2D eigenvalue weighted by atomic mass is 10.1. The van der Waals surface area contributed by atoms with Crippen LogP contribution in [0.25, 0.3) is 0 Å². The van der Waals surface area contributed by atoms with Crippen LogP contribution in [0.4, 0.5) is 0 Å². The van der Waals surface area contributed by atoms with Gasteiger partial charge in [-0.3, -0.25) is 0 Å². The first-order valence-electron chi connectivity index (χ1n) is 6.10. The Labute approximate surface area is 129 Å². The highest BCUT2D eigenvalue weighted by molar-refractivity contribution is 9.10. The number of thiophene rings is 1. The topological polar surface area (TPSA) is 35.2 Å². The zero-order chi connectivity index (χ0) is 13.2. The summed E-state index contributed by atoms with van der Waals surface area (Å²) in [6.45, 7) is 0. The van der Waals surface area contributed by atoms with Gasteiger partial charge in [0.2, 0.25) is 0 Å². The van der Waals surface area contributed by atoms with E-state index in [2.05, 4.69) is 33.4 Å². The molecule has 0 radical (unpaired) electrons. The lowest BCUT2D eigenvalue weighted by Crippen LogP contribution is -2.43. The average molecular weight is 356 g/mol. The van der Waals surface area contributed by atoms with Crippen LogP contribution < -0.4 is 10.5 Å². The number of rotatable bonds is 3. The third-order valence-electron chi connectivity index (χ3n) is 3.12. The minimum atomic E-state index is 0.0239. The van der Waals surface area contributed by atoms with Gasteiger partial charge in [0.25, 0.3) is 0 Å². The van der Waals surface area contributed by atoms with Gasteiger partial charge in [0.15, 0.2) is 0 Å². The maximum absolute atomic E-state index is 6.31. The molecule has 0 saturated carbocycles. The van der Waals surface area contributed by atoms with Gasteiger partial charge in [-0.05, 0) is 39.5 Å². The molecular weight excluding hydrogens is 342 g/mol. The summed E-state index contributed by atoms with van der Waals surface area (Å²) in [5.41, 5.74) is 6.31. The summed E-state index contributed by atoms with van der Waals surface area (Å²) in [6.07, 6.45) is 0.931. The van der Waals surface area contributed by atoms with Crippen molar-refractivity contribution in [3.63, 3.8) is 0 Å². The molecule has 2 unspecified atom stereocenters. The van der Waals surface area contributed by atoms with Gasteiger partial charge in [0, 0.05) is 32.5 Å². The zero-order valence-electron chi connectivity index (χ0n) is 10.2. The van der Waals surface area contributed by atoms with Crippen molar-refractivity contribution in [1.29, 1.82) is 0 Å². The van der Waals surface area contributed by atoms with E-state index in [0.717, 1.165) is 22.4 Å². The van der Waals surface area contributed by atoms with Crippen LogP contribution in [0.15, 0.2) is 45.1 Å². The molecule has 2 N–H and O–H groups in total. The van der Waals surface area contributed by atoms with E-state index in [4.69, 9.17) is 10.5 Å². The molecule has 2 aromatic rings. The van der Waals surface area contributed by atoms with Crippen molar-refractivity contribution in [3.8, 4) is 5.75 Å². The minimum absolute atomic E-state index is 0.0239. The number of nitrogens with two attached hydrogens (primary N) is 1. The Morgan fingerprint density at radius 2 is 2.21 bits per heavy atom. The number of hydrogen-bond acceptors (Lipinski definition) is 4. The molecule has 19 heavy (non-hydrogen) atoms. The summed E-state index contributed by atoms with van der Waals surface area (Å²) in [4.78, 5) is 2.50. The fourth-order valence-electron chi connectivity index (χ4n) is 2.06. The van der Waals surface area contributed by atoms with Crippen molar-refractivity contribution in [2.75, 3.05) is 5.75 Å². The molecule has 0 fully saturated rings. The molecule has 0 spiro atoms. The van der Waals surface area contributed by atoms with E-state index in [9.17, 15) is 0 Å². The molecule has 2 nitrogen and oxygen atoms in total. The quantitative estimate of drug-likeness (QED) is 0.905. The lowest BCUT2D eigenvalue weighted by Gasteiger charge is -2.29. The first-order valence-corrected chi connectivity index (χ1v) is 8.76. The Bertz CT molecular complexity index is 572. The summed E-state index contributed by atoms with van der Waals surface area (Å²) in [5, 5.41) is 2.08. The normalized spacial score (nSPS) is 19.6. The number of halogens is 1. The summed E-state index contributed by atoms with van der Waals surface area (Å²) in [5.74, 6) is 1.88. The van der Waals surface area contributed by atoms with Gasteiger partial charge in [-0.2, -0.15) is 0 Å². The molecule has 1 aliphatic heterocycles.